The summed E-state index contributed by atoms with van der Waals surface area (Å²) in [5.41, 5.74) is 3.56. The molecule has 4 rings (SSSR count). The zero-order valence-corrected chi connectivity index (χ0v) is 20.7. The van der Waals surface area contributed by atoms with Gasteiger partial charge in [-0.15, -0.1) is 0 Å². The Labute approximate surface area is 213 Å². The Hall–Kier alpha value is -4.02. The van der Waals surface area contributed by atoms with Gasteiger partial charge >= 0.3 is 5.97 Å². The number of benzene rings is 4. The van der Waals surface area contributed by atoms with Crippen LogP contribution in [0.2, 0.25) is 0 Å². The van der Waals surface area contributed by atoms with Gasteiger partial charge in [-0.3, -0.25) is 9.69 Å². The normalized spacial score (nSPS) is 13.5. The molecule has 0 spiro atoms. The first-order chi connectivity index (χ1) is 17.5. The van der Waals surface area contributed by atoms with Gasteiger partial charge in [0.25, 0.3) is 0 Å². The van der Waals surface area contributed by atoms with E-state index in [9.17, 15) is 9.59 Å². The van der Waals surface area contributed by atoms with E-state index in [4.69, 9.17) is 4.74 Å². The molecule has 0 N–H and O–H groups in total. The number of hydrogen-bond acceptors (Lipinski definition) is 4. The van der Waals surface area contributed by atoms with Gasteiger partial charge in [-0.05, 0) is 42.7 Å². The molecule has 0 fully saturated rings. The topological polar surface area (TPSA) is 46.6 Å². The second kappa shape index (κ2) is 12.1. The van der Waals surface area contributed by atoms with Crippen molar-refractivity contribution < 1.29 is 14.3 Å². The van der Waals surface area contributed by atoms with E-state index < -0.39 is 18.1 Å². The number of ketones is 1. The minimum absolute atomic E-state index is 0.0612. The Morgan fingerprint density at radius 2 is 1.17 bits per heavy atom. The van der Waals surface area contributed by atoms with Crippen LogP contribution in [0.1, 0.15) is 53.0 Å². The van der Waals surface area contributed by atoms with E-state index in [1.54, 1.807) is 24.3 Å². The molecular formula is C32H31NO3. The molecule has 4 nitrogen and oxygen atoms in total. The summed E-state index contributed by atoms with van der Waals surface area (Å²) in [5, 5.41) is 0. The van der Waals surface area contributed by atoms with Gasteiger partial charge < -0.3 is 4.74 Å². The molecule has 36 heavy (non-hydrogen) atoms. The molecule has 0 aromatic heterocycles. The number of hydrogen-bond donors (Lipinski definition) is 0. The molecule has 4 aromatic carbocycles. The van der Waals surface area contributed by atoms with Crippen LogP contribution in [-0.2, 0) is 16.1 Å². The van der Waals surface area contributed by atoms with Gasteiger partial charge in [0.15, 0.2) is 11.9 Å². The van der Waals surface area contributed by atoms with Crippen molar-refractivity contribution in [2.24, 2.45) is 0 Å². The second-order valence-electron chi connectivity index (χ2n) is 8.90. The SMILES string of the molecule is CC(=O)[C@H](OC(=O)c1ccccc1)C(c1ccccc1)N(Cc1ccccc1)[C@H](C)c1ccccc1. The lowest BCUT2D eigenvalue weighted by molar-refractivity contribution is -0.130. The van der Waals surface area contributed by atoms with Gasteiger partial charge in [-0.25, -0.2) is 4.79 Å². The highest BCUT2D eigenvalue weighted by Crippen LogP contribution is 2.36. The number of Topliss-reactive ketones (excluding diaryl/α,β-unsaturated/α-hetero) is 1. The van der Waals surface area contributed by atoms with Crippen LogP contribution in [0.4, 0.5) is 0 Å². The van der Waals surface area contributed by atoms with E-state index in [0.29, 0.717) is 12.1 Å². The molecule has 3 atom stereocenters. The molecule has 1 unspecified atom stereocenters. The second-order valence-corrected chi connectivity index (χ2v) is 8.90. The average molecular weight is 478 g/mol. The Balaban J connectivity index is 1.80. The van der Waals surface area contributed by atoms with Gasteiger partial charge in [-0.1, -0.05) is 109 Å². The molecule has 0 radical (unpaired) electrons. The molecule has 0 amide bonds. The molecule has 182 valence electrons. The van der Waals surface area contributed by atoms with Crippen molar-refractivity contribution in [2.75, 3.05) is 0 Å². The maximum Gasteiger partial charge on any atom is 0.338 e. The molecule has 0 saturated carbocycles. The summed E-state index contributed by atoms with van der Waals surface area (Å²) < 4.78 is 5.99. The molecule has 0 bridgehead atoms. The lowest BCUT2D eigenvalue weighted by Crippen LogP contribution is -2.43. The molecule has 0 aliphatic heterocycles. The maximum atomic E-state index is 13.1. The first kappa shape index (κ1) is 25.1. The van der Waals surface area contributed by atoms with Crippen molar-refractivity contribution in [2.45, 2.75) is 38.6 Å². The quantitative estimate of drug-likeness (QED) is 0.236. The Morgan fingerprint density at radius 3 is 1.69 bits per heavy atom. The number of carbonyl (C=O) groups is 2. The third-order valence-corrected chi connectivity index (χ3v) is 6.42. The Bertz CT molecular complexity index is 1240. The highest BCUT2D eigenvalue weighted by atomic mass is 16.5. The number of esters is 1. The Morgan fingerprint density at radius 1 is 0.694 bits per heavy atom. The minimum atomic E-state index is -0.991. The van der Waals surface area contributed by atoms with Crippen LogP contribution in [0, 0.1) is 0 Å². The number of rotatable bonds is 10. The summed E-state index contributed by atoms with van der Waals surface area (Å²) in [6, 6.07) is 38.4. The van der Waals surface area contributed by atoms with E-state index in [0.717, 1.165) is 16.7 Å². The van der Waals surface area contributed by atoms with Crippen LogP contribution in [0.15, 0.2) is 121 Å². The molecule has 4 aromatic rings. The Kier molecular flexibility index (Phi) is 8.43. The fraction of sp³-hybridized carbons (Fsp3) is 0.188. The zero-order valence-electron chi connectivity index (χ0n) is 20.7. The van der Waals surface area contributed by atoms with E-state index >= 15 is 0 Å². The van der Waals surface area contributed by atoms with Crippen LogP contribution in [-0.4, -0.2) is 22.8 Å². The average Bonchev–Trinajstić information content (AvgIpc) is 2.93. The van der Waals surface area contributed by atoms with E-state index in [-0.39, 0.29) is 11.8 Å². The molecule has 0 aliphatic rings. The summed E-state index contributed by atoms with van der Waals surface area (Å²) in [7, 11) is 0. The van der Waals surface area contributed by atoms with Gasteiger partial charge in [0.1, 0.15) is 0 Å². The van der Waals surface area contributed by atoms with Gasteiger partial charge in [0.2, 0.25) is 0 Å². The van der Waals surface area contributed by atoms with Crippen LogP contribution in [0.25, 0.3) is 0 Å². The highest BCUT2D eigenvalue weighted by Gasteiger charge is 2.38. The lowest BCUT2D eigenvalue weighted by Gasteiger charge is -2.40. The van der Waals surface area contributed by atoms with Gasteiger partial charge in [0.05, 0.1) is 11.6 Å². The number of ether oxygens (including phenoxy) is 1. The van der Waals surface area contributed by atoms with Crippen molar-refractivity contribution in [3.8, 4) is 0 Å². The van der Waals surface area contributed by atoms with Crippen LogP contribution in [0.3, 0.4) is 0 Å². The van der Waals surface area contributed by atoms with Gasteiger partial charge in [0, 0.05) is 12.6 Å². The summed E-state index contributed by atoms with van der Waals surface area (Å²) in [4.78, 5) is 28.5. The first-order valence-electron chi connectivity index (χ1n) is 12.2. The first-order valence-corrected chi connectivity index (χ1v) is 12.2. The summed E-state index contributed by atoms with van der Waals surface area (Å²) in [5.74, 6) is -0.713. The lowest BCUT2D eigenvalue weighted by atomic mass is 9.93. The molecule has 0 heterocycles. The van der Waals surface area contributed by atoms with Crippen molar-refractivity contribution in [3.63, 3.8) is 0 Å². The summed E-state index contributed by atoms with van der Waals surface area (Å²) in [6.07, 6.45) is -0.991. The largest absolute Gasteiger partial charge is 0.449 e. The fourth-order valence-corrected chi connectivity index (χ4v) is 4.51. The van der Waals surface area contributed by atoms with Crippen molar-refractivity contribution >= 4 is 11.8 Å². The minimum Gasteiger partial charge on any atom is -0.449 e. The van der Waals surface area contributed by atoms with Crippen LogP contribution < -0.4 is 0 Å². The van der Waals surface area contributed by atoms with E-state index in [1.165, 1.54) is 6.92 Å². The van der Waals surface area contributed by atoms with E-state index in [1.807, 2.05) is 72.8 Å². The zero-order chi connectivity index (χ0) is 25.3. The summed E-state index contributed by atoms with van der Waals surface area (Å²) >= 11 is 0. The molecular weight excluding hydrogens is 446 g/mol. The predicted molar refractivity (Wildman–Crippen MR) is 142 cm³/mol. The monoisotopic (exact) mass is 477 g/mol. The highest BCUT2D eigenvalue weighted by molar-refractivity contribution is 5.92. The van der Waals surface area contributed by atoms with Gasteiger partial charge in [-0.2, -0.15) is 0 Å². The third kappa shape index (κ3) is 6.15. The number of carbonyl (C=O) groups excluding carboxylic acids is 2. The maximum absolute atomic E-state index is 13.1. The standard InChI is InChI=1S/C32H31NO3/c1-24(27-17-9-4-10-18-27)33(23-26-15-7-3-8-16-26)30(28-19-11-5-12-20-28)31(25(2)34)36-32(35)29-21-13-6-14-22-29/h3-22,24,30-31H,23H2,1-2H3/t24-,30?,31+/m1/s1. The fourth-order valence-electron chi connectivity index (χ4n) is 4.51. The third-order valence-electron chi connectivity index (χ3n) is 6.42. The smallest absolute Gasteiger partial charge is 0.338 e. The van der Waals surface area contributed by atoms with Crippen molar-refractivity contribution in [1.82, 2.24) is 4.90 Å². The van der Waals surface area contributed by atoms with E-state index in [2.05, 4.69) is 36.1 Å². The molecule has 4 heteroatoms. The molecule has 0 aliphatic carbocycles. The summed E-state index contributed by atoms with van der Waals surface area (Å²) in [6.45, 7) is 4.19. The van der Waals surface area contributed by atoms with Crippen LogP contribution >= 0.6 is 0 Å². The van der Waals surface area contributed by atoms with Crippen molar-refractivity contribution in [3.05, 3.63) is 144 Å². The predicted octanol–water partition coefficient (Wildman–Crippen LogP) is 6.81. The number of nitrogens with zero attached hydrogens (tertiary/aromatic N) is 1. The van der Waals surface area contributed by atoms with Crippen LogP contribution in [0.5, 0.6) is 0 Å². The molecule has 0 saturated heterocycles. The van der Waals surface area contributed by atoms with Crippen molar-refractivity contribution in [1.29, 1.82) is 0 Å².